The number of piperidine rings is 1. The van der Waals surface area contributed by atoms with Crippen molar-refractivity contribution >= 4 is 44.8 Å². The van der Waals surface area contributed by atoms with Crippen molar-refractivity contribution in [2.24, 2.45) is 0 Å². The Kier molecular flexibility index (Phi) is 6.63. The second-order valence-electron chi connectivity index (χ2n) is 8.23. The molecule has 2 fully saturated rings. The Hall–Kier alpha value is -2.42. The van der Waals surface area contributed by atoms with E-state index in [2.05, 4.69) is 20.8 Å². The molecule has 2 aromatic heterocycles. The summed E-state index contributed by atoms with van der Waals surface area (Å²) in [6.45, 7) is 0.345. The lowest BCUT2D eigenvalue weighted by Crippen LogP contribution is -2.42. The smallest absolute Gasteiger partial charge is 0.383 e. The van der Waals surface area contributed by atoms with Gasteiger partial charge in [0.15, 0.2) is 0 Å². The predicted octanol–water partition coefficient (Wildman–Crippen LogP) is 4.41. The van der Waals surface area contributed by atoms with E-state index < -0.39 is 35.8 Å². The number of alkyl halides is 4. The summed E-state index contributed by atoms with van der Waals surface area (Å²) < 4.78 is 65.7. The summed E-state index contributed by atoms with van der Waals surface area (Å²) in [4.78, 5) is 16.1. The number of hydrogen-bond acceptors (Lipinski definition) is 9. The van der Waals surface area contributed by atoms with Gasteiger partial charge in [0.1, 0.15) is 18.3 Å². The molecule has 0 aliphatic carbocycles. The molecule has 35 heavy (non-hydrogen) atoms. The van der Waals surface area contributed by atoms with Crippen molar-refractivity contribution in [3.05, 3.63) is 24.1 Å². The number of aromatic nitrogens is 2. The van der Waals surface area contributed by atoms with Crippen LogP contribution in [0, 0.1) is 0 Å². The van der Waals surface area contributed by atoms with Gasteiger partial charge < -0.3 is 25.0 Å². The zero-order chi connectivity index (χ0) is 24.7. The van der Waals surface area contributed by atoms with Crippen LogP contribution in [0.15, 0.2) is 27.6 Å². The number of carbonyl (C=O) groups excluding carboxylic acids is 1. The molecule has 0 radical (unpaired) electrons. The molecule has 2 saturated heterocycles. The number of rotatable bonds is 5. The van der Waals surface area contributed by atoms with Crippen molar-refractivity contribution in [1.29, 1.82) is 0 Å². The summed E-state index contributed by atoms with van der Waals surface area (Å²) in [5.41, 5.74) is -4.06. The lowest BCUT2D eigenvalue weighted by molar-refractivity contribution is -0.133. The molecule has 4 heterocycles. The summed E-state index contributed by atoms with van der Waals surface area (Å²) >= 11 is 0.769. The monoisotopic (exact) mass is 532 g/mol. The molecule has 2 aliphatic heterocycles. The van der Waals surface area contributed by atoms with Crippen LogP contribution in [0.4, 0.5) is 23.2 Å². The first-order valence-corrected chi connectivity index (χ1v) is 12.4. The van der Waals surface area contributed by atoms with Gasteiger partial charge >= 0.3 is 5.51 Å². The number of benzene rings is 1. The highest BCUT2D eigenvalue weighted by Crippen LogP contribution is 2.50. The normalized spacial score (nSPS) is 25.6. The van der Waals surface area contributed by atoms with E-state index in [-0.39, 0.29) is 46.3 Å². The minimum atomic E-state index is -4.57. The second kappa shape index (κ2) is 9.56. The average Bonchev–Trinajstić information content (AvgIpc) is 3.42. The number of fused-ring (bicyclic) bond motifs is 1. The molecule has 1 amide bonds. The van der Waals surface area contributed by atoms with E-state index in [4.69, 9.17) is 9.26 Å². The number of ether oxygens (including phenoxy) is 1. The van der Waals surface area contributed by atoms with Crippen LogP contribution < -0.4 is 10.6 Å². The maximum absolute atomic E-state index is 14.3. The van der Waals surface area contributed by atoms with Gasteiger partial charge in [-0.2, -0.15) is 18.2 Å². The number of anilines is 1. The van der Waals surface area contributed by atoms with Gasteiger partial charge in [-0.15, -0.1) is 11.3 Å². The molecule has 14 heteroatoms. The van der Waals surface area contributed by atoms with E-state index >= 15 is 0 Å². The number of nitrogens with zero attached hydrogens (tertiary/aromatic N) is 2. The molecule has 1 aromatic carbocycles. The molecule has 8 nitrogen and oxygen atoms in total. The summed E-state index contributed by atoms with van der Waals surface area (Å²) in [6, 6.07) is 3.69. The first kappa shape index (κ1) is 24.3. The summed E-state index contributed by atoms with van der Waals surface area (Å²) in [6.07, 6.45) is -1.41. The van der Waals surface area contributed by atoms with E-state index in [1.165, 1.54) is 0 Å². The Bertz CT molecular complexity index is 1230. The van der Waals surface area contributed by atoms with E-state index in [1.807, 2.05) is 0 Å². The number of carbonyl (C=O) groups is 1. The maximum Gasteiger partial charge on any atom is 0.446 e. The minimum Gasteiger partial charge on any atom is -0.383 e. The largest absolute Gasteiger partial charge is 0.446 e. The maximum atomic E-state index is 14.3. The number of amides is 1. The van der Waals surface area contributed by atoms with Crippen molar-refractivity contribution in [3.8, 4) is 10.7 Å². The van der Waals surface area contributed by atoms with Crippen LogP contribution in [-0.2, 0) is 9.53 Å². The van der Waals surface area contributed by atoms with Crippen LogP contribution >= 0.6 is 23.1 Å². The summed E-state index contributed by atoms with van der Waals surface area (Å²) in [5, 5.41) is 19.5. The van der Waals surface area contributed by atoms with Crippen molar-refractivity contribution in [3.63, 3.8) is 0 Å². The van der Waals surface area contributed by atoms with Crippen LogP contribution in [0.25, 0.3) is 20.8 Å². The fourth-order valence-electron chi connectivity index (χ4n) is 4.09. The van der Waals surface area contributed by atoms with Crippen LogP contribution in [0.1, 0.15) is 31.2 Å². The highest BCUT2D eigenvalue weighted by molar-refractivity contribution is 8.00. The van der Waals surface area contributed by atoms with Crippen molar-refractivity contribution < 1.29 is 36.7 Å². The Labute approximate surface area is 204 Å². The molecular formula is C21H20F4N4O4S2. The molecule has 3 N–H and O–H groups in total. The highest BCUT2D eigenvalue weighted by Gasteiger charge is 2.36. The number of thiophene rings is 1. The lowest BCUT2D eigenvalue weighted by Gasteiger charge is -2.27. The van der Waals surface area contributed by atoms with E-state index in [0.29, 0.717) is 35.2 Å². The number of aliphatic hydroxyl groups excluding tert-OH is 1. The standard InChI is InChI=1S/C21H20F4N4O4S2/c22-10-8-32-7-6-11(10)26-12-3-1-2-9-15(12)34-17(16(9)35-21(23,24)25)18-28-20(33-29-18)13-4-5-14(30)19(31)27-13/h1-3,10-11,13-14,26,30H,4-8H2,(H,27,31)/t10-,11+,13+,14+/m0/s1. The van der Waals surface area contributed by atoms with Gasteiger partial charge in [0, 0.05) is 16.9 Å². The predicted molar refractivity (Wildman–Crippen MR) is 121 cm³/mol. The van der Waals surface area contributed by atoms with Crippen LogP contribution in [0.5, 0.6) is 0 Å². The number of halogens is 4. The van der Waals surface area contributed by atoms with Gasteiger partial charge in [0.05, 0.1) is 27.9 Å². The third-order valence-electron chi connectivity index (χ3n) is 5.81. The van der Waals surface area contributed by atoms with E-state index in [1.54, 1.807) is 18.2 Å². The van der Waals surface area contributed by atoms with Gasteiger partial charge in [-0.05, 0) is 37.1 Å². The Balaban J connectivity index is 1.53. The third-order valence-corrected chi connectivity index (χ3v) is 8.03. The molecule has 0 saturated carbocycles. The van der Waals surface area contributed by atoms with Gasteiger partial charge in [-0.3, -0.25) is 4.79 Å². The van der Waals surface area contributed by atoms with Crippen LogP contribution in [0.2, 0.25) is 0 Å². The van der Waals surface area contributed by atoms with Gasteiger partial charge in [0.2, 0.25) is 17.6 Å². The molecule has 188 valence electrons. The summed E-state index contributed by atoms with van der Waals surface area (Å²) in [5.74, 6) is -0.582. The van der Waals surface area contributed by atoms with Gasteiger partial charge in [-0.25, -0.2) is 4.39 Å². The van der Waals surface area contributed by atoms with Crippen molar-refractivity contribution in [1.82, 2.24) is 15.5 Å². The molecule has 5 rings (SSSR count). The molecule has 0 bridgehead atoms. The minimum absolute atomic E-state index is 0.0428. The fourth-order valence-corrected chi connectivity index (χ4v) is 6.20. The SMILES string of the molecule is O=C1N[C@@H](c2nc(-c3sc4c(N[C@@H]5CCOC[C@@H]5F)cccc4c3SC(F)(F)F)no2)CC[C@H]1O. The number of thioether (sulfide) groups is 1. The van der Waals surface area contributed by atoms with Gasteiger partial charge in [0.25, 0.3) is 0 Å². The molecular weight excluding hydrogens is 512 g/mol. The van der Waals surface area contributed by atoms with Crippen molar-refractivity contribution in [2.45, 2.75) is 54.0 Å². The third kappa shape index (κ3) is 5.10. The zero-order valence-electron chi connectivity index (χ0n) is 18.0. The van der Waals surface area contributed by atoms with E-state index in [9.17, 15) is 27.5 Å². The molecule has 0 unspecified atom stereocenters. The number of aliphatic hydroxyl groups is 1. The lowest BCUT2D eigenvalue weighted by atomic mass is 10.0. The highest BCUT2D eigenvalue weighted by atomic mass is 32.2. The first-order valence-electron chi connectivity index (χ1n) is 10.8. The quantitative estimate of drug-likeness (QED) is 0.328. The molecule has 0 spiro atoms. The Morgan fingerprint density at radius 1 is 1.26 bits per heavy atom. The topological polar surface area (TPSA) is 110 Å². The van der Waals surface area contributed by atoms with Gasteiger partial charge in [-0.1, -0.05) is 17.3 Å². The second-order valence-corrected chi connectivity index (χ2v) is 10.3. The van der Waals surface area contributed by atoms with Crippen LogP contribution in [0.3, 0.4) is 0 Å². The molecule has 3 aromatic rings. The zero-order valence-corrected chi connectivity index (χ0v) is 19.6. The Morgan fingerprint density at radius 3 is 2.83 bits per heavy atom. The van der Waals surface area contributed by atoms with Crippen LogP contribution in [-0.4, -0.2) is 58.2 Å². The summed E-state index contributed by atoms with van der Waals surface area (Å²) in [7, 11) is 0. The first-order chi connectivity index (χ1) is 16.7. The number of nitrogens with one attached hydrogen (secondary N) is 2. The molecule has 2 aliphatic rings. The Morgan fingerprint density at radius 2 is 2.09 bits per heavy atom. The molecule has 4 atom stereocenters. The van der Waals surface area contributed by atoms with Crippen molar-refractivity contribution in [2.75, 3.05) is 18.5 Å². The number of hydrogen-bond donors (Lipinski definition) is 3. The van der Waals surface area contributed by atoms with E-state index in [0.717, 1.165) is 11.3 Å². The fraction of sp³-hybridized carbons (Fsp3) is 0.476. The average molecular weight is 533 g/mol.